The first kappa shape index (κ1) is 14.5. The lowest BCUT2D eigenvalue weighted by Crippen LogP contribution is -2.35. The van der Waals surface area contributed by atoms with Gasteiger partial charge in [0.05, 0.1) is 13.2 Å². The number of hydrogen-bond acceptors (Lipinski definition) is 2. The van der Waals surface area contributed by atoms with Gasteiger partial charge >= 0.3 is 0 Å². The number of hydrogen-bond donors (Lipinski definition) is 2. The molecule has 0 bridgehead atoms. The minimum absolute atomic E-state index is 0.0438. The monoisotopic (exact) mass is 256 g/mol. The van der Waals surface area contributed by atoms with Crippen molar-refractivity contribution in [3.63, 3.8) is 0 Å². The van der Waals surface area contributed by atoms with Crippen LogP contribution in [-0.2, 0) is 5.41 Å². The summed E-state index contributed by atoms with van der Waals surface area (Å²) in [5.41, 5.74) is 0.405. The zero-order valence-corrected chi connectivity index (χ0v) is 11.2. The zero-order chi connectivity index (χ0) is 12.9. The van der Waals surface area contributed by atoms with Crippen LogP contribution in [0.1, 0.15) is 32.3 Å². The third-order valence-electron chi connectivity index (χ3n) is 3.26. The number of aliphatic hydroxyl groups is 2. The summed E-state index contributed by atoms with van der Waals surface area (Å²) in [6.07, 6.45) is 1.75. The maximum absolute atomic E-state index is 9.62. The Morgan fingerprint density at radius 2 is 1.65 bits per heavy atom. The molecule has 0 aromatic heterocycles. The topological polar surface area (TPSA) is 40.5 Å². The van der Waals surface area contributed by atoms with Gasteiger partial charge in [-0.2, -0.15) is 0 Å². The van der Waals surface area contributed by atoms with E-state index in [9.17, 15) is 10.2 Å². The van der Waals surface area contributed by atoms with Gasteiger partial charge in [0.25, 0.3) is 0 Å². The largest absolute Gasteiger partial charge is 0.395 e. The Morgan fingerprint density at radius 1 is 1.12 bits per heavy atom. The van der Waals surface area contributed by atoms with Crippen molar-refractivity contribution in [2.45, 2.75) is 32.1 Å². The molecule has 1 aromatic rings. The average Bonchev–Trinajstić information content (AvgIpc) is 2.32. The molecular weight excluding hydrogens is 236 g/mol. The van der Waals surface area contributed by atoms with E-state index in [1.54, 1.807) is 12.1 Å². The molecule has 96 valence electrons. The number of rotatable bonds is 6. The quantitative estimate of drug-likeness (QED) is 0.822. The van der Waals surface area contributed by atoms with Gasteiger partial charge in [-0.05, 0) is 36.5 Å². The summed E-state index contributed by atoms with van der Waals surface area (Å²) in [5.74, 6) is 0.555. The first-order chi connectivity index (χ1) is 8.04. The van der Waals surface area contributed by atoms with Crippen LogP contribution in [0, 0.1) is 5.92 Å². The lowest BCUT2D eigenvalue weighted by Gasteiger charge is -2.31. The van der Waals surface area contributed by atoms with E-state index in [1.807, 2.05) is 12.1 Å². The van der Waals surface area contributed by atoms with E-state index < -0.39 is 5.41 Å². The van der Waals surface area contributed by atoms with Gasteiger partial charge in [-0.3, -0.25) is 0 Å². The molecule has 0 radical (unpaired) electrons. The second-order valence-electron chi connectivity index (χ2n) is 5.04. The summed E-state index contributed by atoms with van der Waals surface area (Å²) in [6, 6.07) is 7.36. The van der Waals surface area contributed by atoms with E-state index in [2.05, 4.69) is 13.8 Å². The number of halogens is 1. The van der Waals surface area contributed by atoms with Crippen molar-refractivity contribution in [2.24, 2.45) is 5.92 Å². The molecule has 0 aliphatic heterocycles. The molecule has 0 amide bonds. The first-order valence-corrected chi connectivity index (χ1v) is 6.39. The van der Waals surface area contributed by atoms with Gasteiger partial charge < -0.3 is 10.2 Å². The molecule has 1 aromatic carbocycles. The summed E-state index contributed by atoms with van der Waals surface area (Å²) in [5, 5.41) is 19.9. The molecule has 0 fully saturated rings. The van der Waals surface area contributed by atoms with E-state index in [4.69, 9.17) is 11.6 Å². The molecule has 0 aliphatic rings. The molecule has 0 spiro atoms. The highest BCUT2D eigenvalue weighted by molar-refractivity contribution is 6.30. The van der Waals surface area contributed by atoms with Gasteiger partial charge in [0.15, 0.2) is 0 Å². The molecule has 2 N–H and O–H groups in total. The van der Waals surface area contributed by atoms with Crippen LogP contribution in [0.5, 0.6) is 0 Å². The van der Waals surface area contributed by atoms with Crippen molar-refractivity contribution in [2.75, 3.05) is 13.2 Å². The normalized spacial score (nSPS) is 12.1. The first-order valence-electron chi connectivity index (χ1n) is 6.02. The van der Waals surface area contributed by atoms with Crippen LogP contribution in [0.2, 0.25) is 5.02 Å². The van der Waals surface area contributed by atoms with E-state index in [-0.39, 0.29) is 13.2 Å². The minimum atomic E-state index is -0.547. The highest BCUT2D eigenvalue weighted by atomic mass is 35.5. The van der Waals surface area contributed by atoms with Crippen molar-refractivity contribution in [3.8, 4) is 0 Å². The maximum Gasteiger partial charge on any atom is 0.0550 e. The Bertz CT molecular complexity index is 329. The van der Waals surface area contributed by atoms with Gasteiger partial charge in [0.1, 0.15) is 0 Å². The smallest absolute Gasteiger partial charge is 0.0550 e. The highest BCUT2D eigenvalue weighted by Gasteiger charge is 2.30. The van der Waals surface area contributed by atoms with E-state index in [0.29, 0.717) is 10.9 Å². The predicted octanol–water partition coefficient (Wildman–Crippen LogP) is 3.00. The molecule has 2 nitrogen and oxygen atoms in total. The number of benzene rings is 1. The van der Waals surface area contributed by atoms with Crippen molar-refractivity contribution in [1.82, 2.24) is 0 Å². The Balaban J connectivity index is 2.93. The molecule has 0 atom stereocenters. The minimum Gasteiger partial charge on any atom is -0.395 e. The van der Waals surface area contributed by atoms with Crippen LogP contribution < -0.4 is 0 Å². The molecule has 1 rings (SSSR count). The average molecular weight is 257 g/mol. The van der Waals surface area contributed by atoms with Crippen LogP contribution in [0.25, 0.3) is 0 Å². The van der Waals surface area contributed by atoms with Gasteiger partial charge in [-0.15, -0.1) is 0 Å². The summed E-state index contributed by atoms with van der Waals surface area (Å²) >= 11 is 5.85. The summed E-state index contributed by atoms with van der Waals surface area (Å²) < 4.78 is 0. The molecule has 0 aliphatic carbocycles. The van der Waals surface area contributed by atoms with Gasteiger partial charge in [0, 0.05) is 10.4 Å². The van der Waals surface area contributed by atoms with Gasteiger partial charge in [-0.1, -0.05) is 37.6 Å². The van der Waals surface area contributed by atoms with Crippen LogP contribution >= 0.6 is 11.6 Å². The van der Waals surface area contributed by atoms with Crippen molar-refractivity contribution >= 4 is 11.6 Å². The SMILES string of the molecule is CC(C)CCC(CO)(CO)c1ccc(Cl)cc1. The van der Waals surface area contributed by atoms with E-state index in [1.165, 1.54) is 0 Å². The van der Waals surface area contributed by atoms with Gasteiger partial charge in [0.2, 0.25) is 0 Å². The maximum atomic E-state index is 9.62. The summed E-state index contributed by atoms with van der Waals surface area (Å²) in [4.78, 5) is 0. The standard InChI is InChI=1S/C14H21ClO2/c1-11(2)7-8-14(9-16,10-17)12-3-5-13(15)6-4-12/h3-6,11,16-17H,7-10H2,1-2H3. The second kappa shape index (κ2) is 6.39. The molecular formula is C14H21ClO2. The number of aliphatic hydroxyl groups excluding tert-OH is 2. The van der Waals surface area contributed by atoms with Crippen molar-refractivity contribution in [1.29, 1.82) is 0 Å². The zero-order valence-electron chi connectivity index (χ0n) is 10.5. The molecule has 0 saturated carbocycles. The molecule has 0 heterocycles. The second-order valence-corrected chi connectivity index (χ2v) is 5.47. The summed E-state index contributed by atoms with van der Waals surface area (Å²) in [7, 11) is 0. The third kappa shape index (κ3) is 3.70. The van der Waals surface area contributed by atoms with Crippen LogP contribution in [-0.4, -0.2) is 23.4 Å². The predicted molar refractivity (Wildman–Crippen MR) is 71.4 cm³/mol. The highest BCUT2D eigenvalue weighted by Crippen LogP contribution is 2.31. The van der Waals surface area contributed by atoms with Crippen molar-refractivity contribution < 1.29 is 10.2 Å². The van der Waals surface area contributed by atoms with Crippen LogP contribution in [0.15, 0.2) is 24.3 Å². The Morgan fingerprint density at radius 3 is 2.06 bits per heavy atom. The molecule has 0 unspecified atom stereocenters. The Labute approximate surface area is 108 Å². The van der Waals surface area contributed by atoms with Crippen molar-refractivity contribution in [3.05, 3.63) is 34.9 Å². The molecule has 17 heavy (non-hydrogen) atoms. The fraction of sp³-hybridized carbons (Fsp3) is 0.571. The van der Waals surface area contributed by atoms with Crippen LogP contribution in [0.4, 0.5) is 0 Å². The lowest BCUT2D eigenvalue weighted by atomic mass is 9.77. The van der Waals surface area contributed by atoms with E-state index >= 15 is 0 Å². The Hall–Kier alpha value is -0.570. The van der Waals surface area contributed by atoms with Gasteiger partial charge in [-0.25, -0.2) is 0 Å². The van der Waals surface area contributed by atoms with Crippen LogP contribution in [0.3, 0.4) is 0 Å². The summed E-state index contributed by atoms with van der Waals surface area (Å²) in [6.45, 7) is 4.19. The lowest BCUT2D eigenvalue weighted by molar-refractivity contribution is 0.105. The Kier molecular flexibility index (Phi) is 5.44. The fourth-order valence-corrected chi connectivity index (χ4v) is 2.03. The molecule has 0 saturated heterocycles. The van der Waals surface area contributed by atoms with E-state index in [0.717, 1.165) is 18.4 Å². The third-order valence-corrected chi connectivity index (χ3v) is 3.51. The molecule has 3 heteroatoms. The fourth-order valence-electron chi connectivity index (χ4n) is 1.90.